The van der Waals surface area contributed by atoms with Gasteiger partial charge in [0.15, 0.2) is 0 Å². The Morgan fingerprint density at radius 1 is 1.29 bits per heavy atom. The molecule has 0 heterocycles. The summed E-state index contributed by atoms with van der Waals surface area (Å²) in [6.07, 6.45) is 16.7. The van der Waals surface area contributed by atoms with E-state index < -0.39 is 0 Å². The number of carbonyl (C=O) groups excluding carboxylic acids is 1. The summed E-state index contributed by atoms with van der Waals surface area (Å²) < 4.78 is 0. The minimum Gasteiger partial charge on any atom is -0.356 e. The van der Waals surface area contributed by atoms with Crippen molar-refractivity contribution in [3.63, 3.8) is 0 Å². The Hall–Kier alpha value is -1.53. The van der Waals surface area contributed by atoms with Gasteiger partial charge in [-0.1, -0.05) is 78.2 Å². The van der Waals surface area contributed by atoms with Crippen LogP contribution in [0.2, 0.25) is 0 Å². The maximum Gasteiger partial charge on any atom is 0.223 e. The van der Waals surface area contributed by atoms with Crippen LogP contribution < -0.4 is 5.32 Å². The van der Waals surface area contributed by atoms with Crippen LogP contribution in [-0.2, 0) is 4.79 Å². The lowest BCUT2D eigenvalue weighted by atomic mass is 9.80. The highest BCUT2D eigenvalue weighted by Crippen LogP contribution is 2.31. The van der Waals surface area contributed by atoms with E-state index in [0.717, 1.165) is 19.4 Å². The summed E-state index contributed by atoms with van der Waals surface area (Å²) in [7, 11) is 0. The molecule has 0 spiro atoms. The second-order valence-electron chi connectivity index (χ2n) is 8.48. The van der Waals surface area contributed by atoms with E-state index in [1.807, 2.05) is 19.9 Å². The Morgan fingerprint density at radius 3 is 2.64 bits per heavy atom. The van der Waals surface area contributed by atoms with E-state index in [0.29, 0.717) is 23.7 Å². The number of hydrogen-bond acceptors (Lipinski definition) is 1. The first-order valence-electron chi connectivity index (χ1n) is 11.5. The highest BCUT2D eigenvalue weighted by molar-refractivity contribution is 5.78. The van der Waals surface area contributed by atoms with Gasteiger partial charge in [0.25, 0.3) is 0 Å². The molecular formula is C26H45NO. The fourth-order valence-electron chi connectivity index (χ4n) is 4.29. The molecule has 160 valence electrons. The predicted octanol–water partition coefficient (Wildman–Crippen LogP) is 7.10. The summed E-state index contributed by atoms with van der Waals surface area (Å²) in [5, 5.41) is 3.26. The molecule has 28 heavy (non-hydrogen) atoms. The van der Waals surface area contributed by atoms with Crippen molar-refractivity contribution in [2.45, 2.75) is 79.6 Å². The van der Waals surface area contributed by atoms with E-state index in [4.69, 9.17) is 0 Å². The van der Waals surface area contributed by atoms with Gasteiger partial charge in [-0.15, -0.1) is 5.73 Å². The van der Waals surface area contributed by atoms with Crippen LogP contribution in [0.25, 0.3) is 0 Å². The van der Waals surface area contributed by atoms with Crippen LogP contribution in [0.15, 0.2) is 42.2 Å². The molecule has 2 nitrogen and oxygen atoms in total. The summed E-state index contributed by atoms with van der Waals surface area (Å²) in [5.74, 6) is 2.20. The van der Waals surface area contributed by atoms with E-state index in [-0.39, 0.29) is 13.3 Å². The monoisotopic (exact) mass is 387 g/mol. The number of carbonyl (C=O) groups is 1. The first-order valence-corrected chi connectivity index (χ1v) is 11.5. The van der Waals surface area contributed by atoms with Gasteiger partial charge < -0.3 is 5.32 Å². The molecule has 2 aliphatic carbocycles. The first kappa shape index (κ1) is 24.5. The minimum absolute atomic E-state index is 0. The number of allylic oxidation sites excluding steroid dienone is 4. The molecule has 0 radical (unpaired) electrons. The molecule has 0 aromatic heterocycles. The van der Waals surface area contributed by atoms with Crippen molar-refractivity contribution < 1.29 is 6.22 Å². The summed E-state index contributed by atoms with van der Waals surface area (Å²) in [6.45, 7) is 15.7. The van der Waals surface area contributed by atoms with E-state index >= 15 is 0 Å². The van der Waals surface area contributed by atoms with Crippen molar-refractivity contribution in [1.82, 2.24) is 5.32 Å². The van der Waals surface area contributed by atoms with Gasteiger partial charge >= 0.3 is 0 Å². The molecule has 2 rings (SSSR count). The Bertz CT molecular complexity index is 567. The van der Waals surface area contributed by atoms with Crippen molar-refractivity contribution >= 4 is 5.91 Å². The highest BCUT2D eigenvalue weighted by atomic mass is 16.1. The van der Waals surface area contributed by atoms with Crippen molar-refractivity contribution in [2.24, 2.45) is 29.6 Å². The van der Waals surface area contributed by atoms with Crippen LogP contribution in [0.4, 0.5) is 0 Å². The lowest BCUT2D eigenvalue weighted by Crippen LogP contribution is -2.38. The molecule has 0 aromatic carbocycles. The van der Waals surface area contributed by atoms with E-state index in [1.165, 1.54) is 37.7 Å². The second-order valence-corrected chi connectivity index (χ2v) is 8.48. The van der Waals surface area contributed by atoms with Gasteiger partial charge in [0.2, 0.25) is 5.91 Å². The molecule has 2 heteroatoms. The molecule has 1 N–H and O–H groups in total. The molecular weight excluding hydrogens is 342 g/mol. The lowest BCUT2D eigenvalue weighted by Gasteiger charge is -2.29. The molecule has 1 fully saturated rings. The lowest BCUT2D eigenvalue weighted by molar-refractivity contribution is -0.126. The van der Waals surface area contributed by atoms with Crippen molar-refractivity contribution in [3.8, 4) is 0 Å². The van der Waals surface area contributed by atoms with Gasteiger partial charge in [0.1, 0.15) is 0 Å². The topological polar surface area (TPSA) is 29.1 Å². The third-order valence-corrected chi connectivity index (χ3v) is 6.39. The van der Waals surface area contributed by atoms with Gasteiger partial charge in [-0.2, -0.15) is 0 Å². The fraction of sp³-hybridized carbons (Fsp3) is 0.692. The number of rotatable bonds is 4. The van der Waals surface area contributed by atoms with Crippen LogP contribution in [0, 0.1) is 29.6 Å². The van der Waals surface area contributed by atoms with Gasteiger partial charge in [-0.3, -0.25) is 4.79 Å². The average Bonchev–Trinajstić information content (AvgIpc) is 2.75. The quantitative estimate of drug-likeness (QED) is 0.404. The highest BCUT2D eigenvalue weighted by Gasteiger charge is 2.27. The third kappa shape index (κ3) is 8.23. The maximum atomic E-state index is 12.7. The van der Waals surface area contributed by atoms with E-state index in [1.54, 1.807) is 0 Å². The normalized spacial score (nSPS) is 28.5. The van der Waals surface area contributed by atoms with Crippen molar-refractivity contribution in [2.75, 3.05) is 6.54 Å². The minimum atomic E-state index is 0. The molecule has 0 aliphatic heterocycles. The SMILES string of the molecule is C=C1CC(C)C=C=C/C=C\CC(CNC(=O)[C@@H](C)C2CCCCC2)C1C.CC.[HH]. The zero-order valence-corrected chi connectivity index (χ0v) is 19.0. The Kier molecular flexibility index (Phi) is 11.9. The van der Waals surface area contributed by atoms with Crippen LogP contribution in [0.1, 0.15) is 81.0 Å². The number of nitrogens with one attached hydrogen (secondary N) is 1. The maximum absolute atomic E-state index is 12.7. The van der Waals surface area contributed by atoms with Crippen LogP contribution >= 0.6 is 0 Å². The molecule has 0 bridgehead atoms. The van der Waals surface area contributed by atoms with Crippen LogP contribution in [0.3, 0.4) is 0 Å². The Labute approximate surface area is 175 Å². The van der Waals surface area contributed by atoms with E-state index in [2.05, 4.69) is 56.6 Å². The molecule has 1 amide bonds. The van der Waals surface area contributed by atoms with E-state index in [9.17, 15) is 4.79 Å². The molecule has 0 aromatic rings. The number of amides is 1. The third-order valence-electron chi connectivity index (χ3n) is 6.39. The predicted molar refractivity (Wildman–Crippen MR) is 124 cm³/mol. The summed E-state index contributed by atoms with van der Waals surface area (Å²) in [6, 6.07) is 0. The molecule has 4 atom stereocenters. The Morgan fingerprint density at radius 2 is 1.96 bits per heavy atom. The summed E-state index contributed by atoms with van der Waals surface area (Å²) in [5.41, 5.74) is 4.52. The molecule has 3 unspecified atom stereocenters. The molecule has 0 saturated heterocycles. The molecule has 2 aliphatic rings. The van der Waals surface area contributed by atoms with Crippen LogP contribution in [0.5, 0.6) is 0 Å². The second kappa shape index (κ2) is 13.6. The van der Waals surface area contributed by atoms with Crippen molar-refractivity contribution in [1.29, 1.82) is 0 Å². The van der Waals surface area contributed by atoms with Gasteiger partial charge in [0, 0.05) is 13.9 Å². The zero-order valence-electron chi connectivity index (χ0n) is 19.0. The van der Waals surface area contributed by atoms with Gasteiger partial charge in [-0.05, 0) is 61.5 Å². The summed E-state index contributed by atoms with van der Waals surface area (Å²) in [4.78, 5) is 12.7. The Balaban J connectivity index is 0.00000253. The van der Waals surface area contributed by atoms with Crippen molar-refractivity contribution in [3.05, 3.63) is 42.2 Å². The standard InChI is InChI=1S/C24H37NO.C2H6.H2/c1-18-12-8-5-6-9-15-23(20(3)19(2)16-18)17-25-24(26)21(4)22-13-10-7-11-14-22;1-2;/h5-6,9,12,18,20-23H,2,7,10-11,13-17H2,1,3-4H3,(H,25,26);1-2H3;1H/b9-6-;;/t8?,18?,20?,21-,23?;;/m0../s1. The van der Waals surface area contributed by atoms with Gasteiger partial charge in [0.05, 0.1) is 0 Å². The first-order chi connectivity index (χ1) is 13.5. The summed E-state index contributed by atoms with van der Waals surface area (Å²) >= 11 is 0. The average molecular weight is 388 g/mol. The number of hydrogen-bond donors (Lipinski definition) is 1. The molecule has 1 saturated carbocycles. The van der Waals surface area contributed by atoms with Crippen LogP contribution in [-0.4, -0.2) is 12.5 Å². The van der Waals surface area contributed by atoms with Gasteiger partial charge in [-0.25, -0.2) is 0 Å². The smallest absolute Gasteiger partial charge is 0.223 e. The largest absolute Gasteiger partial charge is 0.356 e. The zero-order chi connectivity index (χ0) is 20.9. The fourth-order valence-corrected chi connectivity index (χ4v) is 4.29.